The molecule has 1 aliphatic heterocycles. The number of ether oxygens (including phenoxy) is 1. The molecule has 2 aliphatic rings. The number of piperidine rings is 1. The SMILES string of the molecule is O=C(NCCCOc1cccc(CN2CCCCC2)c1)NNC(=O)NC1CCCCC1. The van der Waals surface area contributed by atoms with Gasteiger partial charge in [0.15, 0.2) is 0 Å². The van der Waals surface area contributed by atoms with Gasteiger partial charge in [-0.15, -0.1) is 0 Å². The Hall–Kier alpha value is -2.48. The zero-order valence-electron chi connectivity index (χ0n) is 18.5. The van der Waals surface area contributed by atoms with E-state index in [4.69, 9.17) is 4.74 Å². The van der Waals surface area contributed by atoms with Gasteiger partial charge in [-0.2, -0.15) is 0 Å². The number of benzene rings is 1. The van der Waals surface area contributed by atoms with Gasteiger partial charge in [-0.3, -0.25) is 4.90 Å². The van der Waals surface area contributed by atoms with Crippen molar-refractivity contribution in [2.75, 3.05) is 26.2 Å². The fraction of sp³-hybridized carbons (Fsp3) is 0.652. The number of carbonyl (C=O) groups excluding carboxylic acids is 2. The van der Waals surface area contributed by atoms with E-state index in [9.17, 15) is 9.59 Å². The summed E-state index contributed by atoms with van der Waals surface area (Å²) in [5.74, 6) is 0.861. The van der Waals surface area contributed by atoms with Gasteiger partial charge >= 0.3 is 12.1 Å². The van der Waals surface area contributed by atoms with Gasteiger partial charge in [0.25, 0.3) is 0 Å². The summed E-state index contributed by atoms with van der Waals surface area (Å²) in [6.07, 6.45) is 10.1. The van der Waals surface area contributed by atoms with E-state index in [0.29, 0.717) is 19.6 Å². The molecule has 4 amide bonds. The van der Waals surface area contributed by atoms with Crippen LogP contribution in [0.15, 0.2) is 24.3 Å². The molecule has 8 nitrogen and oxygen atoms in total. The van der Waals surface area contributed by atoms with Crippen molar-refractivity contribution in [3.63, 3.8) is 0 Å². The lowest BCUT2D eigenvalue weighted by molar-refractivity contribution is 0.218. The number of hydrogen-bond acceptors (Lipinski definition) is 4. The average Bonchev–Trinajstić information content (AvgIpc) is 2.79. The summed E-state index contributed by atoms with van der Waals surface area (Å²) in [7, 11) is 0. The maximum atomic E-state index is 11.8. The van der Waals surface area contributed by atoms with Gasteiger partial charge in [0.2, 0.25) is 0 Å². The van der Waals surface area contributed by atoms with E-state index in [1.54, 1.807) is 0 Å². The zero-order valence-corrected chi connectivity index (χ0v) is 18.5. The van der Waals surface area contributed by atoms with Gasteiger partial charge in [0.05, 0.1) is 6.61 Å². The number of nitrogens with zero attached hydrogens (tertiary/aromatic N) is 1. The van der Waals surface area contributed by atoms with Crippen molar-refractivity contribution in [2.45, 2.75) is 70.4 Å². The Morgan fingerprint density at radius 1 is 0.968 bits per heavy atom. The summed E-state index contributed by atoms with van der Waals surface area (Å²) >= 11 is 0. The molecule has 1 saturated carbocycles. The second kappa shape index (κ2) is 13.0. The van der Waals surface area contributed by atoms with Gasteiger partial charge in [0, 0.05) is 19.1 Å². The van der Waals surface area contributed by atoms with Crippen molar-refractivity contribution in [3.05, 3.63) is 29.8 Å². The zero-order chi connectivity index (χ0) is 21.7. The van der Waals surface area contributed by atoms with E-state index in [1.165, 1.54) is 44.3 Å². The van der Waals surface area contributed by atoms with Gasteiger partial charge in [-0.25, -0.2) is 20.4 Å². The van der Waals surface area contributed by atoms with Crippen molar-refractivity contribution in [2.24, 2.45) is 0 Å². The Morgan fingerprint density at radius 3 is 2.52 bits per heavy atom. The fourth-order valence-electron chi connectivity index (χ4n) is 4.20. The quantitative estimate of drug-likeness (QED) is 0.375. The molecule has 3 rings (SSSR count). The van der Waals surface area contributed by atoms with Crippen molar-refractivity contribution in [1.82, 2.24) is 26.4 Å². The van der Waals surface area contributed by atoms with Crippen molar-refractivity contribution >= 4 is 12.1 Å². The van der Waals surface area contributed by atoms with Crippen LogP contribution in [0.2, 0.25) is 0 Å². The molecular weight excluding hydrogens is 394 g/mol. The summed E-state index contributed by atoms with van der Waals surface area (Å²) in [6, 6.07) is 7.65. The average molecular weight is 432 g/mol. The first-order chi connectivity index (χ1) is 15.2. The molecule has 1 aromatic carbocycles. The second-order valence-corrected chi connectivity index (χ2v) is 8.50. The van der Waals surface area contributed by atoms with Crippen LogP contribution in [0.25, 0.3) is 0 Å². The van der Waals surface area contributed by atoms with Crippen LogP contribution in [-0.4, -0.2) is 49.2 Å². The molecule has 0 aromatic heterocycles. The number of nitrogens with one attached hydrogen (secondary N) is 4. The van der Waals surface area contributed by atoms with Crippen molar-refractivity contribution in [3.8, 4) is 5.75 Å². The molecule has 172 valence electrons. The number of hydrazine groups is 1. The molecule has 1 heterocycles. The molecule has 1 saturated heterocycles. The number of amides is 4. The van der Waals surface area contributed by atoms with E-state index < -0.39 is 6.03 Å². The Kier molecular flexibility index (Phi) is 9.76. The minimum absolute atomic E-state index is 0.203. The van der Waals surface area contributed by atoms with E-state index >= 15 is 0 Å². The predicted octanol–water partition coefficient (Wildman–Crippen LogP) is 3.29. The summed E-state index contributed by atoms with van der Waals surface area (Å²) in [4.78, 5) is 26.1. The molecule has 0 atom stereocenters. The van der Waals surface area contributed by atoms with Crippen molar-refractivity contribution < 1.29 is 14.3 Å². The molecule has 0 unspecified atom stereocenters. The maximum Gasteiger partial charge on any atom is 0.333 e. The van der Waals surface area contributed by atoms with Gasteiger partial charge in [0.1, 0.15) is 5.75 Å². The number of carbonyl (C=O) groups is 2. The minimum Gasteiger partial charge on any atom is -0.494 e. The summed E-state index contributed by atoms with van der Waals surface area (Å²) in [5, 5.41) is 5.60. The normalized spacial score (nSPS) is 17.5. The summed E-state index contributed by atoms with van der Waals surface area (Å²) < 4.78 is 5.83. The Morgan fingerprint density at radius 2 is 1.71 bits per heavy atom. The molecule has 1 aliphatic carbocycles. The molecule has 31 heavy (non-hydrogen) atoms. The molecule has 0 radical (unpaired) electrons. The highest BCUT2D eigenvalue weighted by molar-refractivity contribution is 5.80. The lowest BCUT2D eigenvalue weighted by Gasteiger charge is -2.26. The molecule has 1 aromatic rings. The molecule has 0 spiro atoms. The van der Waals surface area contributed by atoms with Crippen LogP contribution in [-0.2, 0) is 6.54 Å². The van der Waals surface area contributed by atoms with Crippen LogP contribution in [0.3, 0.4) is 0 Å². The van der Waals surface area contributed by atoms with E-state index in [2.05, 4.69) is 38.5 Å². The first-order valence-electron chi connectivity index (χ1n) is 11.7. The molecule has 8 heteroatoms. The number of rotatable bonds is 8. The fourth-order valence-corrected chi connectivity index (χ4v) is 4.20. The van der Waals surface area contributed by atoms with Crippen LogP contribution in [0, 0.1) is 0 Å². The highest BCUT2D eigenvalue weighted by atomic mass is 16.5. The van der Waals surface area contributed by atoms with Crippen LogP contribution in [0.4, 0.5) is 9.59 Å². The third-order valence-electron chi connectivity index (χ3n) is 5.86. The van der Waals surface area contributed by atoms with Gasteiger partial charge in [-0.05, 0) is 62.9 Å². The second-order valence-electron chi connectivity index (χ2n) is 8.50. The number of urea groups is 2. The third kappa shape index (κ3) is 9.04. The smallest absolute Gasteiger partial charge is 0.333 e. The third-order valence-corrected chi connectivity index (χ3v) is 5.86. The van der Waals surface area contributed by atoms with E-state index in [0.717, 1.165) is 38.0 Å². The summed E-state index contributed by atoms with van der Waals surface area (Å²) in [6.45, 7) is 4.31. The molecule has 0 bridgehead atoms. The number of likely N-dealkylation sites (tertiary alicyclic amines) is 1. The van der Waals surface area contributed by atoms with Crippen molar-refractivity contribution in [1.29, 1.82) is 0 Å². The topological polar surface area (TPSA) is 94.7 Å². The van der Waals surface area contributed by atoms with Gasteiger partial charge in [-0.1, -0.05) is 37.8 Å². The Labute approximate surface area is 185 Å². The molecule has 2 fully saturated rings. The lowest BCUT2D eigenvalue weighted by Crippen LogP contribution is -2.52. The van der Waals surface area contributed by atoms with Crippen LogP contribution >= 0.6 is 0 Å². The van der Waals surface area contributed by atoms with Crippen LogP contribution in [0.5, 0.6) is 5.75 Å². The predicted molar refractivity (Wildman–Crippen MR) is 121 cm³/mol. The maximum absolute atomic E-state index is 11.8. The molecule has 4 N–H and O–H groups in total. The summed E-state index contributed by atoms with van der Waals surface area (Å²) in [5.41, 5.74) is 6.03. The molecular formula is C23H37N5O3. The highest BCUT2D eigenvalue weighted by Gasteiger charge is 2.15. The Bertz CT molecular complexity index is 688. The minimum atomic E-state index is -0.428. The van der Waals surface area contributed by atoms with Crippen LogP contribution in [0.1, 0.15) is 63.4 Å². The largest absolute Gasteiger partial charge is 0.494 e. The first kappa shape index (κ1) is 23.2. The van der Waals surface area contributed by atoms with E-state index in [1.807, 2.05) is 12.1 Å². The van der Waals surface area contributed by atoms with E-state index in [-0.39, 0.29) is 12.1 Å². The van der Waals surface area contributed by atoms with Crippen LogP contribution < -0.4 is 26.2 Å². The number of hydrogen-bond donors (Lipinski definition) is 4. The Balaban J connectivity index is 1.24. The van der Waals surface area contributed by atoms with Gasteiger partial charge < -0.3 is 15.4 Å². The lowest BCUT2D eigenvalue weighted by atomic mass is 9.96. The first-order valence-corrected chi connectivity index (χ1v) is 11.7. The standard InChI is InChI=1S/C23H37N5O3/c29-22(26-27-23(30)25-20-10-3-1-4-11-20)24-13-8-16-31-21-12-7-9-19(17-21)18-28-14-5-2-6-15-28/h7,9,12,17,20H,1-6,8,10-11,13-16,18H2,(H2,24,26,29)(H2,25,27,30). The highest BCUT2D eigenvalue weighted by Crippen LogP contribution is 2.18. The monoisotopic (exact) mass is 431 g/mol.